The number of hydrogen-bond donors (Lipinski definition) is 3. The lowest BCUT2D eigenvalue weighted by atomic mass is 10.0. The number of aldehydes is 1. The van der Waals surface area contributed by atoms with Gasteiger partial charge in [-0.25, -0.2) is 4.57 Å². The van der Waals surface area contributed by atoms with Crippen molar-refractivity contribution in [2.75, 3.05) is 26.4 Å². The summed E-state index contributed by atoms with van der Waals surface area (Å²) in [6.45, 7) is -0.123. The average molecular weight is 569 g/mol. The van der Waals surface area contributed by atoms with E-state index in [9.17, 15) is 28.9 Å². The molecule has 0 bridgehead atoms. The summed E-state index contributed by atoms with van der Waals surface area (Å²) in [5.74, 6) is -1.25. The van der Waals surface area contributed by atoms with Gasteiger partial charge >= 0.3 is 19.8 Å². The summed E-state index contributed by atoms with van der Waals surface area (Å²) < 4.78 is 31.5. The topological polar surface area (TPSA) is 166 Å². The van der Waals surface area contributed by atoms with Crippen molar-refractivity contribution >= 4 is 26.0 Å². The summed E-state index contributed by atoms with van der Waals surface area (Å²) in [5, 5.41) is 18.0. The molecule has 0 amide bonds. The minimum absolute atomic E-state index is 0.0636. The number of phosphoric acid groups is 1. The predicted molar refractivity (Wildman–Crippen MR) is 141 cm³/mol. The first-order valence-electron chi connectivity index (χ1n) is 13.9. The molecule has 224 valence electrons. The van der Waals surface area contributed by atoms with Gasteiger partial charge in [0.2, 0.25) is 0 Å². The average Bonchev–Trinajstić information content (AvgIpc) is 2.90. The molecular formula is C26H49O11P. The van der Waals surface area contributed by atoms with Gasteiger partial charge in [0.1, 0.15) is 19.0 Å². The van der Waals surface area contributed by atoms with E-state index in [0.717, 1.165) is 19.3 Å². The lowest BCUT2D eigenvalue weighted by Crippen LogP contribution is -2.29. The summed E-state index contributed by atoms with van der Waals surface area (Å²) in [6.07, 6.45) is 13.3. The van der Waals surface area contributed by atoms with E-state index in [0.29, 0.717) is 12.7 Å². The monoisotopic (exact) mass is 568 g/mol. The van der Waals surface area contributed by atoms with Crippen LogP contribution in [0.3, 0.4) is 0 Å². The Kier molecular flexibility index (Phi) is 23.8. The highest BCUT2D eigenvalue weighted by atomic mass is 31.2. The van der Waals surface area contributed by atoms with E-state index in [2.05, 4.69) is 11.4 Å². The summed E-state index contributed by atoms with van der Waals surface area (Å²) >= 11 is 0. The molecule has 0 aromatic heterocycles. The van der Waals surface area contributed by atoms with Gasteiger partial charge in [0.15, 0.2) is 6.10 Å². The summed E-state index contributed by atoms with van der Waals surface area (Å²) in [4.78, 5) is 44.1. The molecule has 0 spiro atoms. The SMILES string of the molecule is CCCCCCCCCCCCCCCC(=O)OC[C@H](COP(=O)(O)OC[C@@H](O)CO)OC(=O)CCC=O. The van der Waals surface area contributed by atoms with Gasteiger partial charge in [-0.15, -0.1) is 0 Å². The normalized spacial score (nSPS) is 14.4. The third-order valence-corrected chi connectivity index (χ3v) is 6.69. The first-order valence-corrected chi connectivity index (χ1v) is 15.4. The Morgan fingerprint density at radius 2 is 1.32 bits per heavy atom. The third kappa shape index (κ3) is 23.7. The Morgan fingerprint density at radius 1 is 0.789 bits per heavy atom. The van der Waals surface area contributed by atoms with Crippen molar-refractivity contribution in [2.45, 2.75) is 122 Å². The molecule has 3 atom stereocenters. The first-order chi connectivity index (χ1) is 18.2. The van der Waals surface area contributed by atoms with E-state index in [-0.39, 0.29) is 19.3 Å². The molecule has 0 aliphatic carbocycles. The van der Waals surface area contributed by atoms with Crippen molar-refractivity contribution in [3.63, 3.8) is 0 Å². The predicted octanol–water partition coefficient (Wildman–Crippen LogP) is 4.39. The summed E-state index contributed by atoms with van der Waals surface area (Å²) in [7, 11) is -4.63. The van der Waals surface area contributed by atoms with Gasteiger partial charge in [0.05, 0.1) is 26.2 Å². The molecule has 0 aliphatic heterocycles. The van der Waals surface area contributed by atoms with Gasteiger partial charge in [-0.2, -0.15) is 0 Å². The Morgan fingerprint density at radius 3 is 1.84 bits per heavy atom. The van der Waals surface area contributed by atoms with Crippen LogP contribution in [0.15, 0.2) is 0 Å². The highest BCUT2D eigenvalue weighted by molar-refractivity contribution is 7.47. The number of unbranched alkanes of at least 4 members (excludes halogenated alkanes) is 12. The molecule has 0 saturated heterocycles. The molecule has 0 radical (unpaired) electrons. The second-order valence-corrected chi connectivity index (χ2v) is 10.8. The van der Waals surface area contributed by atoms with Crippen LogP contribution in [-0.4, -0.2) is 72.0 Å². The number of carbonyl (C=O) groups is 3. The van der Waals surface area contributed by atoms with E-state index in [4.69, 9.17) is 19.1 Å². The highest BCUT2D eigenvalue weighted by Gasteiger charge is 2.27. The van der Waals surface area contributed by atoms with Crippen molar-refractivity contribution in [3.8, 4) is 0 Å². The Hall–Kier alpha value is -1.36. The molecule has 0 rings (SSSR count). The zero-order valence-corrected chi connectivity index (χ0v) is 23.8. The van der Waals surface area contributed by atoms with Crippen LogP contribution in [0.5, 0.6) is 0 Å². The number of rotatable bonds is 27. The van der Waals surface area contributed by atoms with Crippen LogP contribution in [0.4, 0.5) is 0 Å². The van der Waals surface area contributed by atoms with Crippen molar-refractivity contribution in [1.29, 1.82) is 0 Å². The van der Waals surface area contributed by atoms with E-state index in [1.807, 2.05) is 0 Å². The Balaban J connectivity index is 4.18. The van der Waals surface area contributed by atoms with E-state index >= 15 is 0 Å². The maximum Gasteiger partial charge on any atom is 0.472 e. The standard InChI is InChI=1S/C26H49O11P/c1-2-3-4-5-6-7-8-9-10-11-12-13-14-16-25(30)34-21-24(37-26(31)17-15-18-27)22-36-38(32,33)35-20-23(29)19-28/h18,23-24,28-29H,2-17,19-22H2,1H3,(H,32,33)/t23-,24+/m0/s1. The van der Waals surface area contributed by atoms with Crippen LogP contribution in [-0.2, 0) is 37.5 Å². The Bertz CT molecular complexity index is 659. The van der Waals surface area contributed by atoms with Crippen LogP contribution < -0.4 is 0 Å². The van der Waals surface area contributed by atoms with Gasteiger partial charge in [0, 0.05) is 12.8 Å². The molecule has 12 heteroatoms. The first kappa shape index (κ1) is 36.6. The maximum atomic E-state index is 12.1. The minimum atomic E-state index is -4.63. The number of esters is 2. The van der Waals surface area contributed by atoms with Crippen LogP contribution in [0.1, 0.15) is 110 Å². The van der Waals surface area contributed by atoms with Gasteiger partial charge in [-0.1, -0.05) is 84.0 Å². The molecule has 3 N–H and O–H groups in total. The molecule has 0 fully saturated rings. The van der Waals surface area contributed by atoms with Crippen LogP contribution >= 0.6 is 7.82 Å². The van der Waals surface area contributed by atoms with E-state index < -0.39 is 58.4 Å². The van der Waals surface area contributed by atoms with Crippen molar-refractivity contribution < 1.29 is 52.6 Å². The van der Waals surface area contributed by atoms with Gasteiger partial charge in [0.25, 0.3) is 0 Å². The smallest absolute Gasteiger partial charge is 0.462 e. The maximum absolute atomic E-state index is 12.1. The fourth-order valence-electron chi connectivity index (χ4n) is 3.53. The number of aliphatic hydroxyl groups is 2. The largest absolute Gasteiger partial charge is 0.472 e. The van der Waals surface area contributed by atoms with E-state index in [1.54, 1.807) is 0 Å². The van der Waals surface area contributed by atoms with Crippen LogP contribution in [0.25, 0.3) is 0 Å². The lowest BCUT2D eigenvalue weighted by Gasteiger charge is -2.20. The van der Waals surface area contributed by atoms with Crippen LogP contribution in [0.2, 0.25) is 0 Å². The molecule has 0 aliphatic rings. The van der Waals surface area contributed by atoms with Crippen molar-refractivity contribution in [1.82, 2.24) is 0 Å². The van der Waals surface area contributed by atoms with Gasteiger partial charge < -0.3 is 29.4 Å². The minimum Gasteiger partial charge on any atom is -0.462 e. The molecule has 0 aromatic rings. The fourth-order valence-corrected chi connectivity index (χ4v) is 4.32. The van der Waals surface area contributed by atoms with Crippen LogP contribution in [0, 0.1) is 0 Å². The fraction of sp³-hybridized carbons (Fsp3) is 0.885. The molecule has 38 heavy (non-hydrogen) atoms. The number of carbonyl (C=O) groups excluding carboxylic acids is 3. The quantitative estimate of drug-likeness (QED) is 0.0557. The number of ether oxygens (including phenoxy) is 2. The number of hydrogen-bond acceptors (Lipinski definition) is 10. The van der Waals surface area contributed by atoms with Gasteiger partial charge in [-0.3, -0.25) is 18.6 Å². The second kappa shape index (κ2) is 24.7. The molecule has 0 heterocycles. The lowest BCUT2D eigenvalue weighted by molar-refractivity contribution is -0.161. The Labute approximate surface area is 227 Å². The van der Waals surface area contributed by atoms with Gasteiger partial charge in [-0.05, 0) is 6.42 Å². The summed E-state index contributed by atoms with van der Waals surface area (Å²) in [6, 6.07) is 0. The summed E-state index contributed by atoms with van der Waals surface area (Å²) in [5.41, 5.74) is 0. The van der Waals surface area contributed by atoms with Crippen molar-refractivity contribution in [3.05, 3.63) is 0 Å². The zero-order valence-electron chi connectivity index (χ0n) is 22.9. The highest BCUT2D eigenvalue weighted by Crippen LogP contribution is 2.43. The molecule has 1 unspecified atom stereocenters. The zero-order chi connectivity index (χ0) is 28.5. The third-order valence-electron chi connectivity index (χ3n) is 5.74. The number of aliphatic hydroxyl groups excluding tert-OH is 2. The van der Waals surface area contributed by atoms with E-state index in [1.165, 1.54) is 57.8 Å². The molecule has 0 saturated carbocycles. The molecule has 11 nitrogen and oxygen atoms in total. The number of phosphoric ester groups is 1. The van der Waals surface area contributed by atoms with Crippen molar-refractivity contribution in [2.24, 2.45) is 0 Å². The second-order valence-electron chi connectivity index (χ2n) is 9.39. The molecule has 0 aromatic carbocycles. The molecular weight excluding hydrogens is 519 g/mol.